The van der Waals surface area contributed by atoms with Gasteiger partial charge in [-0.1, -0.05) is 38.4 Å². The zero-order chi connectivity index (χ0) is 14.5. The van der Waals surface area contributed by atoms with Crippen molar-refractivity contribution in [2.24, 2.45) is 5.92 Å². The molecule has 0 aromatic heterocycles. The molecule has 1 unspecified atom stereocenters. The summed E-state index contributed by atoms with van der Waals surface area (Å²) in [6.07, 6.45) is 3.78. The molecule has 1 atom stereocenters. The number of rotatable bonds is 6. The van der Waals surface area contributed by atoms with Gasteiger partial charge < -0.3 is 10.2 Å². The summed E-state index contributed by atoms with van der Waals surface area (Å²) in [6, 6.07) is 7.19. The summed E-state index contributed by atoms with van der Waals surface area (Å²) in [5, 5.41) is 4.36. The molecule has 0 radical (unpaired) electrons. The van der Waals surface area contributed by atoms with Crippen LogP contribution in [-0.4, -0.2) is 19.1 Å². The molecule has 1 saturated heterocycles. The molecule has 2 rings (SSSR count). The highest BCUT2D eigenvalue weighted by Gasteiger charge is 2.24. The van der Waals surface area contributed by atoms with Crippen LogP contribution in [-0.2, 0) is 6.54 Å². The Hall–Kier alpha value is -0.730. The van der Waals surface area contributed by atoms with Gasteiger partial charge in [0.05, 0.1) is 10.7 Å². The van der Waals surface area contributed by atoms with Gasteiger partial charge in [-0.15, -0.1) is 0 Å². The zero-order valence-electron chi connectivity index (χ0n) is 13.0. The van der Waals surface area contributed by atoms with Crippen LogP contribution in [0.1, 0.15) is 45.6 Å². The Morgan fingerprint density at radius 2 is 2.20 bits per heavy atom. The Bertz CT molecular complexity index is 431. The van der Waals surface area contributed by atoms with Crippen LogP contribution in [0.15, 0.2) is 18.2 Å². The molecular weight excluding hydrogens is 268 g/mol. The summed E-state index contributed by atoms with van der Waals surface area (Å²) in [5.74, 6) is 0.680. The summed E-state index contributed by atoms with van der Waals surface area (Å²) in [4.78, 5) is 2.48. The summed E-state index contributed by atoms with van der Waals surface area (Å²) < 4.78 is 0. The zero-order valence-corrected chi connectivity index (χ0v) is 13.7. The van der Waals surface area contributed by atoms with E-state index in [2.05, 4.69) is 49.2 Å². The number of benzene rings is 1. The van der Waals surface area contributed by atoms with Crippen LogP contribution in [0.3, 0.4) is 0 Å². The fourth-order valence-corrected chi connectivity index (χ4v) is 3.29. The van der Waals surface area contributed by atoms with E-state index in [1.807, 2.05) is 0 Å². The molecule has 0 saturated carbocycles. The topological polar surface area (TPSA) is 15.3 Å². The largest absolute Gasteiger partial charge is 0.367 e. The summed E-state index contributed by atoms with van der Waals surface area (Å²) in [7, 11) is 0. The standard InChI is InChI=1S/C17H27ClN2/c1-4-15-6-5-9-20(15)17-8-7-14(10-16(17)18)12-19-11-13(2)3/h7-8,10,13,15,19H,4-6,9,11-12H2,1-3H3. The maximum absolute atomic E-state index is 6.50. The van der Waals surface area contributed by atoms with E-state index in [4.69, 9.17) is 11.6 Å². The Morgan fingerprint density at radius 3 is 2.85 bits per heavy atom. The van der Waals surface area contributed by atoms with Crippen molar-refractivity contribution < 1.29 is 0 Å². The highest BCUT2D eigenvalue weighted by atomic mass is 35.5. The molecule has 1 heterocycles. The highest BCUT2D eigenvalue weighted by Crippen LogP contribution is 2.33. The van der Waals surface area contributed by atoms with E-state index in [0.717, 1.165) is 24.7 Å². The van der Waals surface area contributed by atoms with Crippen molar-refractivity contribution in [2.45, 2.75) is 52.6 Å². The number of nitrogens with one attached hydrogen (secondary N) is 1. The van der Waals surface area contributed by atoms with Crippen LogP contribution in [0.5, 0.6) is 0 Å². The normalized spacial score (nSPS) is 19.1. The van der Waals surface area contributed by atoms with Gasteiger partial charge in [0.15, 0.2) is 0 Å². The molecule has 1 aromatic carbocycles. The third kappa shape index (κ3) is 3.89. The molecule has 1 N–H and O–H groups in total. The molecule has 20 heavy (non-hydrogen) atoms. The fraction of sp³-hybridized carbons (Fsp3) is 0.647. The van der Waals surface area contributed by atoms with E-state index in [1.165, 1.54) is 30.5 Å². The summed E-state index contributed by atoms with van der Waals surface area (Å²) in [5.41, 5.74) is 2.48. The fourth-order valence-electron chi connectivity index (χ4n) is 2.98. The SMILES string of the molecule is CCC1CCCN1c1ccc(CNCC(C)C)cc1Cl. The van der Waals surface area contributed by atoms with Crippen molar-refractivity contribution in [2.75, 3.05) is 18.0 Å². The van der Waals surface area contributed by atoms with Gasteiger partial charge in [-0.3, -0.25) is 0 Å². The lowest BCUT2D eigenvalue weighted by atomic mass is 10.1. The molecule has 1 fully saturated rings. The van der Waals surface area contributed by atoms with Gasteiger partial charge >= 0.3 is 0 Å². The first-order chi connectivity index (χ1) is 9.61. The summed E-state index contributed by atoms with van der Waals surface area (Å²) in [6.45, 7) is 9.80. The quantitative estimate of drug-likeness (QED) is 0.833. The molecule has 1 aliphatic heterocycles. The predicted molar refractivity (Wildman–Crippen MR) is 88.7 cm³/mol. The molecule has 1 aromatic rings. The van der Waals surface area contributed by atoms with Gasteiger partial charge in [0.1, 0.15) is 0 Å². The minimum Gasteiger partial charge on any atom is -0.367 e. The lowest BCUT2D eigenvalue weighted by Gasteiger charge is -2.27. The van der Waals surface area contributed by atoms with Gasteiger partial charge in [0.25, 0.3) is 0 Å². The lowest BCUT2D eigenvalue weighted by molar-refractivity contribution is 0.552. The number of hydrogen-bond acceptors (Lipinski definition) is 2. The van der Waals surface area contributed by atoms with Crippen molar-refractivity contribution in [3.8, 4) is 0 Å². The van der Waals surface area contributed by atoms with Crippen LogP contribution in [0.4, 0.5) is 5.69 Å². The second-order valence-corrected chi connectivity index (χ2v) is 6.62. The minimum atomic E-state index is 0.664. The maximum Gasteiger partial charge on any atom is 0.0642 e. The Labute approximate surface area is 128 Å². The molecule has 0 bridgehead atoms. The van der Waals surface area contributed by atoms with Crippen molar-refractivity contribution in [1.82, 2.24) is 5.32 Å². The van der Waals surface area contributed by atoms with E-state index in [0.29, 0.717) is 12.0 Å². The Kier molecular flexibility index (Phi) is 5.74. The Balaban J connectivity index is 2.02. The van der Waals surface area contributed by atoms with E-state index >= 15 is 0 Å². The number of anilines is 1. The van der Waals surface area contributed by atoms with Crippen molar-refractivity contribution >= 4 is 17.3 Å². The van der Waals surface area contributed by atoms with Crippen molar-refractivity contribution in [3.05, 3.63) is 28.8 Å². The predicted octanol–water partition coefficient (Wildman–Crippen LogP) is 4.46. The molecule has 0 amide bonds. The number of hydrogen-bond donors (Lipinski definition) is 1. The third-order valence-electron chi connectivity index (χ3n) is 4.05. The van der Waals surface area contributed by atoms with E-state index in [1.54, 1.807) is 0 Å². The molecule has 112 valence electrons. The first-order valence-electron chi connectivity index (χ1n) is 7.87. The van der Waals surface area contributed by atoms with Crippen LogP contribution < -0.4 is 10.2 Å². The second kappa shape index (κ2) is 7.33. The van der Waals surface area contributed by atoms with Crippen LogP contribution >= 0.6 is 11.6 Å². The monoisotopic (exact) mass is 294 g/mol. The smallest absolute Gasteiger partial charge is 0.0642 e. The molecular formula is C17H27ClN2. The van der Waals surface area contributed by atoms with Crippen LogP contribution in [0.25, 0.3) is 0 Å². The third-order valence-corrected chi connectivity index (χ3v) is 4.35. The van der Waals surface area contributed by atoms with Crippen LogP contribution in [0.2, 0.25) is 5.02 Å². The van der Waals surface area contributed by atoms with E-state index in [9.17, 15) is 0 Å². The van der Waals surface area contributed by atoms with Crippen LogP contribution in [0, 0.1) is 5.92 Å². The minimum absolute atomic E-state index is 0.664. The number of nitrogens with zero attached hydrogens (tertiary/aromatic N) is 1. The van der Waals surface area contributed by atoms with Crippen molar-refractivity contribution in [1.29, 1.82) is 0 Å². The molecule has 3 heteroatoms. The Morgan fingerprint density at radius 1 is 1.40 bits per heavy atom. The van der Waals surface area contributed by atoms with E-state index in [-0.39, 0.29) is 0 Å². The average Bonchev–Trinajstić information content (AvgIpc) is 2.86. The molecule has 0 spiro atoms. The van der Waals surface area contributed by atoms with Gasteiger partial charge in [0.2, 0.25) is 0 Å². The lowest BCUT2D eigenvalue weighted by Crippen LogP contribution is -2.28. The van der Waals surface area contributed by atoms with Crippen molar-refractivity contribution in [3.63, 3.8) is 0 Å². The van der Waals surface area contributed by atoms with Gasteiger partial charge in [-0.05, 0) is 49.4 Å². The van der Waals surface area contributed by atoms with E-state index < -0.39 is 0 Å². The maximum atomic E-state index is 6.50. The first kappa shape index (κ1) is 15.7. The first-order valence-corrected chi connectivity index (χ1v) is 8.25. The second-order valence-electron chi connectivity index (χ2n) is 6.21. The summed E-state index contributed by atoms with van der Waals surface area (Å²) >= 11 is 6.50. The molecule has 0 aliphatic carbocycles. The highest BCUT2D eigenvalue weighted by molar-refractivity contribution is 6.33. The van der Waals surface area contributed by atoms with Gasteiger partial charge in [-0.2, -0.15) is 0 Å². The molecule has 2 nitrogen and oxygen atoms in total. The van der Waals surface area contributed by atoms with Gasteiger partial charge in [0, 0.05) is 19.1 Å². The van der Waals surface area contributed by atoms with Gasteiger partial charge in [-0.25, -0.2) is 0 Å². The molecule has 1 aliphatic rings. The number of halogens is 1. The average molecular weight is 295 g/mol.